The molecule has 0 heterocycles. The van der Waals surface area contributed by atoms with Crippen molar-refractivity contribution in [1.29, 1.82) is 0 Å². The number of rotatable bonds is 4. The van der Waals surface area contributed by atoms with Crippen LogP contribution in [0.15, 0.2) is 0 Å². The van der Waals surface area contributed by atoms with Crippen LogP contribution in [0.5, 0.6) is 0 Å². The minimum absolute atomic E-state index is 0.0995. The third-order valence-corrected chi connectivity index (χ3v) is 1.16. The zero-order valence-electron chi connectivity index (χ0n) is 5.56. The first-order valence-electron chi connectivity index (χ1n) is 3.28. The molecule has 0 saturated heterocycles. The zero-order valence-corrected chi connectivity index (χ0v) is 5.56. The number of aliphatic hydroxyl groups excluding tert-OH is 1. The molecule has 1 nitrogen and oxygen atoms in total. The van der Waals surface area contributed by atoms with E-state index in [0.717, 1.165) is 25.7 Å². The summed E-state index contributed by atoms with van der Waals surface area (Å²) in [6, 6.07) is 0. The average Bonchev–Trinajstić information content (AvgIpc) is 1.68. The highest BCUT2D eigenvalue weighted by Gasteiger charge is 1.95. The van der Waals surface area contributed by atoms with Gasteiger partial charge in [-0.3, -0.25) is 0 Å². The predicted molar refractivity (Wildman–Crippen MR) is 35.5 cm³/mol. The van der Waals surface area contributed by atoms with Crippen molar-refractivity contribution in [2.24, 2.45) is 0 Å². The Hall–Kier alpha value is -0.0400. The fraction of sp³-hybridized carbons (Fsp3) is 0.857. The maximum Gasteiger partial charge on any atom is 0.0515 e. The number of hydrogen-bond donors (Lipinski definition) is 1. The van der Waals surface area contributed by atoms with E-state index in [1.807, 2.05) is 0 Å². The Balaban J connectivity index is 2.92. The Morgan fingerprint density at radius 1 is 1.50 bits per heavy atom. The topological polar surface area (TPSA) is 20.2 Å². The Labute approximate surface area is 51.7 Å². The van der Waals surface area contributed by atoms with Gasteiger partial charge in [-0.1, -0.05) is 19.8 Å². The molecule has 0 aromatic carbocycles. The van der Waals surface area contributed by atoms with E-state index in [2.05, 4.69) is 13.8 Å². The molecular formula is C7H15O-. The Morgan fingerprint density at radius 3 is 2.50 bits per heavy atom. The highest BCUT2D eigenvalue weighted by Crippen LogP contribution is 2.02. The van der Waals surface area contributed by atoms with Gasteiger partial charge < -0.3 is 12.0 Å². The smallest absolute Gasteiger partial charge is 0.0515 e. The van der Waals surface area contributed by atoms with Crippen molar-refractivity contribution in [2.75, 3.05) is 0 Å². The Morgan fingerprint density at radius 2 is 2.12 bits per heavy atom. The molecule has 0 aromatic heterocycles. The lowest BCUT2D eigenvalue weighted by molar-refractivity contribution is 0.154. The summed E-state index contributed by atoms with van der Waals surface area (Å²) in [7, 11) is 0. The molecule has 0 aliphatic rings. The van der Waals surface area contributed by atoms with Crippen molar-refractivity contribution in [3.63, 3.8) is 0 Å². The van der Waals surface area contributed by atoms with Crippen LogP contribution in [-0.2, 0) is 0 Å². The zero-order chi connectivity index (χ0) is 6.41. The first kappa shape index (κ1) is 7.96. The van der Waals surface area contributed by atoms with Gasteiger partial charge in [0.05, 0.1) is 6.10 Å². The van der Waals surface area contributed by atoms with Gasteiger partial charge >= 0.3 is 0 Å². The molecule has 0 aliphatic heterocycles. The van der Waals surface area contributed by atoms with Crippen molar-refractivity contribution >= 4 is 0 Å². The van der Waals surface area contributed by atoms with Crippen LogP contribution >= 0.6 is 0 Å². The van der Waals surface area contributed by atoms with E-state index in [0.29, 0.717) is 0 Å². The van der Waals surface area contributed by atoms with Gasteiger partial charge in [-0.25, -0.2) is 0 Å². The number of aliphatic hydroxyl groups is 1. The minimum Gasteiger partial charge on any atom is -0.393 e. The molecule has 0 fully saturated rings. The molecule has 1 atom stereocenters. The van der Waals surface area contributed by atoms with Crippen LogP contribution in [0, 0.1) is 6.92 Å². The monoisotopic (exact) mass is 115 g/mol. The van der Waals surface area contributed by atoms with Crippen molar-refractivity contribution in [1.82, 2.24) is 0 Å². The highest BCUT2D eigenvalue weighted by molar-refractivity contribution is 4.54. The lowest BCUT2D eigenvalue weighted by atomic mass is 10.1. The summed E-state index contributed by atoms with van der Waals surface area (Å²) in [6.07, 6.45) is 3.60. The Kier molecular flexibility index (Phi) is 5.08. The minimum atomic E-state index is -0.0995. The van der Waals surface area contributed by atoms with Gasteiger partial charge in [0.2, 0.25) is 0 Å². The van der Waals surface area contributed by atoms with Crippen LogP contribution in [0.1, 0.15) is 32.6 Å². The summed E-state index contributed by atoms with van der Waals surface area (Å²) < 4.78 is 0. The van der Waals surface area contributed by atoms with Crippen LogP contribution in [0.3, 0.4) is 0 Å². The summed E-state index contributed by atoms with van der Waals surface area (Å²) in [5.74, 6) is 0. The number of hydrogen-bond acceptors (Lipinski definition) is 1. The van der Waals surface area contributed by atoms with E-state index in [4.69, 9.17) is 5.11 Å². The molecule has 0 aromatic rings. The van der Waals surface area contributed by atoms with Crippen molar-refractivity contribution in [3.8, 4) is 0 Å². The lowest BCUT2D eigenvalue weighted by Gasteiger charge is -2.07. The summed E-state index contributed by atoms with van der Waals surface area (Å²) in [5.41, 5.74) is 0. The molecule has 0 amide bonds. The molecule has 0 radical (unpaired) electrons. The summed E-state index contributed by atoms with van der Waals surface area (Å²) >= 11 is 0. The molecule has 0 saturated carbocycles. The predicted octanol–water partition coefficient (Wildman–Crippen LogP) is 1.76. The summed E-state index contributed by atoms with van der Waals surface area (Å²) in [4.78, 5) is 0. The fourth-order valence-electron chi connectivity index (χ4n) is 0.713. The van der Waals surface area contributed by atoms with Gasteiger partial charge in [-0.15, -0.1) is 0 Å². The maximum atomic E-state index is 9.01. The third kappa shape index (κ3) is 4.13. The van der Waals surface area contributed by atoms with Crippen LogP contribution in [0.4, 0.5) is 0 Å². The van der Waals surface area contributed by atoms with Crippen LogP contribution < -0.4 is 0 Å². The highest BCUT2D eigenvalue weighted by atomic mass is 16.3. The molecule has 1 heteroatoms. The van der Waals surface area contributed by atoms with Crippen LogP contribution in [-0.4, -0.2) is 11.2 Å². The second kappa shape index (κ2) is 5.10. The second-order valence-electron chi connectivity index (χ2n) is 2.08. The first-order chi connectivity index (χ1) is 3.81. The van der Waals surface area contributed by atoms with Crippen LogP contribution in [0.2, 0.25) is 0 Å². The maximum absolute atomic E-state index is 9.01. The standard InChI is InChI=1S/C7H15O/c1-3-5-7(8)6-4-2/h7-8H,1,3-6H2,2H3/q-1/t7-/m0/s1. The van der Waals surface area contributed by atoms with Crippen molar-refractivity contribution < 1.29 is 5.11 Å². The summed E-state index contributed by atoms with van der Waals surface area (Å²) in [5, 5.41) is 9.01. The van der Waals surface area contributed by atoms with E-state index >= 15 is 0 Å². The SMILES string of the molecule is [CH2-]CC[C@H](O)CCC. The van der Waals surface area contributed by atoms with Gasteiger partial charge in [0, 0.05) is 0 Å². The molecule has 0 unspecified atom stereocenters. The van der Waals surface area contributed by atoms with Gasteiger partial charge in [-0.05, 0) is 6.42 Å². The average molecular weight is 115 g/mol. The molecule has 8 heavy (non-hydrogen) atoms. The van der Waals surface area contributed by atoms with E-state index in [9.17, 15) is 0 Å². The van der Waals surface area contributed by atoms with Crippen LogP contribution in [0.25, 0.3) is 0 Å². The largest absolute Gasteiger partial charge is 0.393 e. The first-order valence-corrected chi connectivity index (χ1v) is 3.28. The normalized spacial score (nSPS) is 13.9. The molecule has 0 spiro atoms. The van der Waals surface area contributed by atoms with Gasteiger partial charge in [-0.2, -0.15) is 6.42 Å². The fourth-order valence-corrected chi connectivity index (χ4v) is 0.713. The molecule has 50 valence electrons. The van der Waals surface area contributed by atoms with E-state index < -0.39 is 0 Å². The van der Waals surface area contributed by atoms with E-state index in [1.165, 1.54) is 0 Å². The van der Waals surface area contributed by atoms with E-state index in [1.54, 1.807) is 0 Å². The Bertz CT molecular complexity index is 37.7. The second-order valence-corrected chi connectivity index (χ2v) is 2.08. The third-order valence-electron chi connectivity index (χ3n) is 1.16. The summed E-state index contributed by atoms with van der Waals surface area (Å²) in [6.45, 7) is 5.72. The molecule has 0 rings (SSSR count). The van der Waals surface area contributed by atoms with Gasteiger partial charge in [0.15, 0.2) is 0 Å². The van der Waals surface area contributed by atoms with Crippen molar-refractivity contribution in [3.05, 3.63) is 6.92 Å². The van der Waals surface area contributed by atoms with E-state index in [-0.39, 0.29) is 6.10 Å². The molecule has 0 bridgehead atoms. The lowest BCUT2D eigenvalue weighted by Crippen LogP contribution is -2.03. The van der Waals surface area contributed by atoms with Crippen molar-refractivity contribution in [2.45, 2.75) is 38.7 Å². The van der Waals surface area contributed by atoms with Gasteiger partial charge in [0.25, 0.3) is 0 Å². The molecule has 1 N–H and O–H groups in total. The quantitative estimate of drug-likeness (QED) is 0.553. The molecule has 0 aliphatic carbocycles. The van der Waals surface area contributed by atoms with Gasteiger partial charge in [0.1, 0.15) is 0 Å². The molecular weight excluding hydrogens is 100 g/mol.